The van der Waals surface area contributed by atoms with Crippen LogP contribution < -0.4 is 21.3 Å². The molecule has 4 N–H and O–H groups in total. The Bertz CT molecular complexity index is 1130. The van der Waals surface area contributed by atoms with Crippen LogP contribution in [0.25, 0.3) is 10.9 Å². The molecule has 1 aromatic carbocycles. The number of amides is 4. The first kappa shape index (κ1) is 24.9. The van der Waals surface area contributed by atoms with E-state index in [0.717, 1.165) is 10.9 Å². The van der Waals surface area contributed by atoms with Crippen molar-refractivity contribution >= 4 is 40.3 Å². The van der Waals surface area contributed by atoms with Gasteiger partial charge in [0.25, 0.3) is 11.8 Å². The summed E-state index contributed by atoms with van der Waals surface area (Å²) in [6.07, 6.45) is 0.516. The smallest absolute Gasteiger partial charge is 0.290 e. The maximum atomic E-state index is 12.8. The highest BCUT2D eigenvalue weighted by Crippen LogP contribution is 2.19. The fourth-order valence-corrected chi connectivity index (χ4v) is 3.95. The molecule has 3 rings (SSSR count). The Hall–Kier alpha value is -3.69. The first-order valence-corrected chi connectivity index (χ1v) is 11.2. The maximum Gasteiger partial charge on any atom is 0.290 e. The number of Topliss-reactive ketones (excluding diaryl/α,β-unsaturated/α-hetero) is 1. The van der Waals surface area contributed by atoms with Crippen LogP contribution in [0.4, 0.5) is 0 Å². The second kappa shape index (κ2) is 10.1. The van der Waals surface area contributed by atoms with Crippen molar-refractivity contribution in [1.29, 1.82) is 0 Å². The fourth-order valence-electron chi connectivity index (χ4n) is 3.95. The van der Waals surface area contributed by atoms with Gasteiger partial charge < -0.3 is 25.8 Å². The molecule has 1 fully saturated rings. The van der Waals surface area contributed by atoms with Crippen molar-refractivity contribution in [2.75, 3.05) is 13.1 Å². The summed E-state index contributed by atoms with van der Waals surface area (Å²) in [5.74, 6) is -3.45. The Kier molecular flexibility index (Phi) is 7.38. The van der Waals surface area contributed by atoms with E-state index in [4.69, 9.17) is 0 Å². The molecule has 4 amide bonds. The molecule has 2 atom stereocenters. The number of para-hydroxylation sites is 1. The first-order chi connectivity index (χ1) is 16.0. The van der Waals surface area contributed by atoms with Gasteiger partial charge in [0.15, 0.2) is 0 Å². The highest BCUT2D eigenvalue weighted by molar-refractivity contribution is 6.38. The quantitative estimate of drug-likeness (QED) is 0.415. The SMILES string of the molecule is Cn1c(C(=O)NCC(=O)NC(CC2CCNC2=O)C(=O)C(=O)NC(C)(C)C)cc2ccccc21. The predicted molar refractivity (Wildman–Crippen MR) is 126 cm³/mol. The van der Waals surface area contributed by atoms with Gasteiger partial charge in [-0.1, -0.05) is 18.2 Å². The number of nitrogens with zero attached hydrogens (tertiary/aromatic N) is 1. The molecule has 182 valence electrons. The Morgan fingerprint density at radius 2 is 1.88 bits per heavy atom. The molecule has 1 saturated heterocycles. The summed E-state index contributed by atoms with van der Waals surface area (Å²) in [5.41, 5.74) is 0.620. The number of aryl methyl sites for hydroxylation is 1. The van der Waals surface area contributed by atoms with Gasteiger partial charge in [0.2, 0.25) is 17.6 Å². The molecule has 1 aliphatic rings. The zero-order chi connectivity index (χ0) is 25.0. The average molecular weight is 470 g/mol. The molecule has 0 bridgehead atoms. The van der Waals surface area contributed by atoms with E-state index in [1.807, 2.05) is 24.3 Å². The van der Waals surface area contributed by atoms with Crippen LogP contribution in [0.3, 0.4) is 0 Å². The van der Waals surface area contributed by atoms with Crippen LogP contribution in [0.2, 0.25) is 0 Å². The number of rotatable bonds is 8. The van der Waals surface area contributed by atoms with Gasteiger partial charge in [0.1, 0.15) is 5.69 Å². The monoisotopic (exact) mass is 469 g/mol. The number of fused-ring (bicyclic) bond motifs is 1. The standard InChI is InChI=1S/C24H31N5O5/c1-24(2,3)28-23(34)20(31)16(11-15-9-10-25-21(15)32)27-19(30)13-26-22(33)18-12-14-7-5-6-8-17(14)29(18)4/h5-8,12,15-16H,9-11,13H2,1-4H3,(H,25,32)(H,26,33)(H,27,30)(H,28,34). The molecule has 2 aromatic rings. The number of hydrogen-bond donors (Lipinski definition) is 4. The third kappa shape index (κ3) is 6.00. The van der Waals surface area contributed by atoms with Crippen molar-refractivity contribution in [1.82, 2.24) is 25.8 Å². The van der Waals surface area contributed by atoms with Crippen molar-refractivity contribution in [2.24, 2.45) is 13.0 Å². The minimum atomic E-state index is -1.18. The Labute approximate surface area is 197 Å². The van der Waals surface area contributed by atoms with Crippen LogP contribution in [0.5, 0.6) is 0 Å². The van der Waals surface area contributed by atoms with Gasteiger partial charge in [-0.05, 0) is 45.7 Å². The highest BCUT2D eigenvalue weighted by Gasteiger charge is 2.35. The summed E-state index contributed by atoms with van der Waals surface area (Å²) in [5, 5.41) is 11.2. The van der Waals surface area contributed by atoms with E-state index >= 15 is 0 Å². The maximum absolute atomic E-state index is 12.8. The minimum Gasteiger partial charge on any atom is -0.356 e. The molecule has 2 unspecified atom stereocenters. The Morgan fingerprint density at radius 3 is 2.50 bits per heavy atom. The topological polar surface area (TPSA) is 138 Å². The third-order valence-corrected chi connectivity index (χ3v) is 5.64. The normalized spacial score (nSPS) is 16.6. The van der Waals surface area contributed by atoms with Crippen molar-refractivity contribution in [3.63, 3.8) is 0 Å². The van der Waals surface area contributed by atoms with E-state index in [0.29, 0.717) is 18.7 Å². The molecule has 10 nitrogen and oxygen atoms in total. The van der Waals surface area contributed by atoms with Crippen LogP contribution in [0.1, 0.15) is 44.1 Å². The molecular weight excluding hydrogens is 438 g/mol. The molecule has 10 heteroatoms. The van der Waals surface area contributed by atoms with Gasteiger partial charge in [-0.15, -0.1) is 0 Å². The van der Waals surface area contributed by atoms with E-state index in [2.05, 4.69) is 21.3 Å². The lowest BCUT2D eigenvalue weighted by Gasteiger charge is -2.23. The number of carbonyl (C=O) groups is 5. The number of nitrogens with one attached hydrogen (secondary N) is 4. The van der Waals surface area contributed by atoms with Gasteiger partial charge in [-0.25, -0.2) is 0 Å². The zero-order valence-corrected chi connectivity index (χ0v) is 19.9. The molecule has 0 aliphatic carbocycles. The van der Waals surface area contributed by atoms with Gasteiger partial charge in [-0.3, -0.25) is 24.0 Å². The summed E-state index contributed by atoms with van der Waals surface area (Å²) in [4.78, 5) is 62.5. The number of benzene rings is 1. The highest BCUT2D eigenvalue weighted by atomic mass is 16.2. The largest absolute Gasteiger partial charge is 0.356 e. The molecular formula is C24H31N5O5. The van der Waals surface area contributed by atoms with Crippen molar-refractivity contribution in [3.8, 4) is 0 Å². The summed E-state index contributed by atoms with van der Waals surface area (Å²) < 4.78 is 1.73. The van der Waals surface area contributed by atoms with Gasteiger partial charge in [-0.2, -0.15) is 0 Å². The van der Waals surface area contributed by atoms with E-state index in [1.165, 1.54) is 0 Å². The lowest BCUT2D eigenvalue weighted by atomic mass is 9.95. The lowest BCUT2D eigenvalue weighted by molar-refractivity contribution is -0.141. The second-order valence-corrected chi connectivity index (χ2v) is 9.53. The Balaban J connectivity index is 1.65. The first-order valence-electron chi connectivity index (χ1n) is 11.2. The van der Waals surface area contributed by atoms with Crippen molar-refractivity contribution in [2.45, 2.75) is 45.2 Å². The molecule has 1 aliphatic heterocycles. The summed E-state index contributed by atoms with van der Waals surface area (Å²) in [6.45, 7) is 5.30. The summed E-state index contributed by atoms with van der Waals surface area (Å²) >= 11 is 0. The van der Waals surface area contributed by atoms with Crippen LogP contribution in [-0.2, 0) is 26.2 Å². The average Bonchev–Trinajstić information content (AvgIpc) is 3.32. The van der Waals surface area contributed by atoms with Gasteiger partial charge >= 0.3 is 0 Å². The van der Waals surface area contributed by atoms with Crippen LogP contribution in [0.15, 0.2) is 30.3 Å². The lowest BCUT2D eigenvalue weighted by Crippen LogP contribution is -2.53. The molecule has 0 saturated carbocycles. The van der Waals surface area contributed by atoms with E-state index in [9.17, 15) is 24.0 Å². The predicted octanol–water partition coefficient (Wildman–Crippen LogP) is 0.403. The van der Waals surface area contributed by atoms with E-state index in [1.54, 1.807) is 38.5 Å². The number of hydrogen-bond acceptors (Lipinski definition) is 5. The van der Waals surface area contributed by atoms with E-state index < -0.39 is 41.0 Å². The molecule has 1 aromatic heterocycles. The summed E-state index contributed by atoms with van der Waals surface area (Å²) in [6, 6.07) is 8.06. The van der Waals surface area contributed by atoms with Gasteiger partial charge in [0.05, 0.1) is 12.6 Å². The zero-order valence-electron chi connectivity index (χ0n) is 19.9. The number of aromatic nitrogens is 1. The molecule has 2 heterocycles. The third-order valence-electron chi connectivity index (χ3n) is 5.64. The van der Waals surface area contributed by atoms with Crippen molar-refractivity contribution < 1.29 is 24.0 Å². The van der Waals surface area contributed by atoms with Crippen LogP contribution >= 0.6 is 0 Å². The second-order valence-electron chi connectivity index (χ2n) is 9.53. The minimum absolute atomic E-state index is 0.00508. The number of ketones is 1. The molecule has 34 heavy (non-hydrogen) atoms. The molecule has 0 spiro atoms. The van der Waals surface area contributed by atoms with Crippen LogP contribution in [-0.4, -0.2) is 58.6 Å². The summed E-state index contributed by atoms with van der Waals surface area (Å²) in [7, 11) is 1.76. The van der Waals surface area contributed by atoms with E-state index in [-0.39, 0.29) is 18.9 Å². The fraction of sp³-hybridized carbons (Fsp3) is 0.458. The molecule has 0 radical (unpaired) electrons. The van der Waals surface area contributed by atoms with Crippen LogP contribution in [0, 0.1) is 5.92 Å². The Morgan fingerprint density at radius 1 is 1.18 bits per heavy atom. The number of carbonyl (C=O) groups excluding carboxylic acids is 5. The van der Waals surface area contributed by atoms with Gasteiger partial charge in [0, 0.05) is 36.0 Å². The van der Waals surface area contributed by atoms with Crippen molar-refractivity contribution in [3.05, 3.63) is 36.0 Å².